The largest absolute Gasteiger partial charge is 0.478 e. The molecule has 2 N–H and O–H groups in total. The minimum Gasteiger partial charge on any atom is -0.478 e. The third kappa shape index (κ3) is 2.01. The third-order valence-corrected chi connectivity index (χ3v) is 4.90. The number of H-pyrrole nitrogens is 1. The van der Waals surface area contributed by atoms with Crippen molar-refractivity contribution < 1.29 is 18.3 Å². The Labute approximate surface area is 105 Å². The smallest absolute Gasteiger partial charge is 0.340 e. The van der Waals surface area contributed by atoms with E-state index in [-0.39, 0.29) is 22.3 Å². The van der Waals surface area contributed by atoms with Gasteiger partial charge in [-0.1, -0.05) is 6.92 Å². The van der Waals surface area contributed by atoms with Gasteiger partial charge >= 0.3 is 5.97 Å². The molecule has 2 rings (SSSR count). The van der Waals surface area contributed by atoms with E-state index < -0.39 is 16.0 Å². The van der Waals surface area contributed by atoms with Gasteiger partial charge in [-0.05, 0) is 19.8 Å². The van der Waals surface area contributed by atoms with Crippen molar-refractivity contribution in [3.63, 3.8) is 0 Å². The van der Waals surface area contributed by atoms with Crippen LogP contribution < -0.4 is 0 Å². The molecule has 0 aliphatic heterocycles. The third-order valence-electron chi connectivity index (χ3n) is 2.95. The van der Waals surface area contributed by atoms with Gasteiger partial charge in [-0.15, -0.1) is 0 Å². The minimum absolute atomic E-state index is 0.0151. The van der Waals surface area contributed by atoms with Crippen molar-refractivity contribution >= 4 is 16.0 Å². The van der Waals surface area contributed by atoms with Gasteiger partial charge in [0.25, 0.3) is 10.0 Å². The minimum atomic E-state index is -3.83. The van der Waals surface area contributed by atoms with Crippen LogP contribution in [0, 0.1) is 6.92 Å². The summed E-state index contributed by atoms with van der Waals surface area (Å²) < 4.78 is 26.0. The summed E-state index contributed by atoms with van der Waals surface area (Å²) in [6.07, 6.45) is 1.64. The first-order chi connectivity index (χ1) is 8.39. The Kier molecular flexibility index (Phi) is 3.16. The summed E-state index contributed by atoms with van der Waals surface area (Å²) >= 11 is 0. The highest BCUT2D eigenvalue weighted by molar-refractivity contribution is 7.89. The van der Waals surface area contributed by atoms with Crippen molar-refractivity contribution in [1.82, 2.24) is 14.5 Å². The van der Waals surface area contributed by atoms with Crippen molar-refractivity contribution in [1.29, 1.82) is 0 Å². The van der Waals surface area contributed by atoms with Crippen LogP contribution in [-0.2, 0) is 10.0 Å². The molecule has 0 aromatic carbocycles. The molecular weight excluding hydrogens is 258 g/mol. The molecule has 1 fully saturated rings. The number of aryl methyl sites for hydroxylation is 1. The van der Waals surface area contributed by atoms with Gasteiger partial charge in [-0.2, -0.15) is 9.40 Å². The number of nitrogens with zero attached hydrogens (tertiary/aromatic N) is 2. The summed E-state index contributed by atoms with van der Waals surface area (Å²) in [5.74, 6) is -1.29. The fraction of sp³-hybridized carbons (Fsp3) is 0.600. The fourth-order valence-electron chi connectivity index (χ4n) is 1.94. The van der Waals surface area contributed by atoms with Crippen LogP contribution in [0.25, 0.3) is 0 Å². The molecular formula is C10H15N3O4S. The van der Waals surface area contributed by atoms with E-state index in [0.29, 0.717) is 6.54 Å². The first kappa shape index (κ1) is 13.0. The highest BCUT2D eigenvalue weighted by atomic mass is 32.2. The number of sulfonamides is 1. The summed E-state index contributed by atoms with van der Waals surface area (Å²) in [6, 6.07) is -0.0151. The molecule has 0 atom stereocenters. The molecule has 7 nitrogen and oxygen atoms in total. The molecule has 0 radical (unpaired) electrons. The Balaban J connectivity index is 2.50. The number of carboxylic acid groups (broad SMARTS) is 1. The van der Waals surface area contributed by atoms with Crippen LogP contribution in [0.3, 0.4) is 0 Å². The van der Waals surface area contributed by atoms with Gasteiger partial charge in [0.1, 0.15) is 5.56 Å². The quantitative estimate of drug-likeness (QED) is 0.817. The van der Waals surface area contributed by atoms with Gasteiger partial charge in [0, 0.05) is 18.3 Å². The van der Waals surface area contributed by atoms with Gasteiger partial charge in [-0.25, -0.2) is 13.2 Å². The van der Waals surface area contributed by atoms with Crippen molar-refractivity contribution in [2.24, 2.45) is 0 Å². The highest BCUT2D eigenvalue weighted by Crippen LogP contribution is 2.32. The van der Waals surface area contributed by atoms with E-state index in [1.807, 2.05) is 0 Å². The van der Waals surface area contributed by atoms with E-state index in [0.717, 1.165) is 12.8 Å². The zero-order chi connectivity index (χ0) is 13.5. The van der Waals surface area contributed by atoms with E-state index in [9.17, 15) is 13.2 Å². The molecule has 0 amide bonds. The lowest BCUT2D eigenvalue weighted by Crippen LogP contribution is -2.34. The van der Waals surface area contributed by atoms with E-state index in [1.54, 1.807) is 6.92 Å². The maximum absolute atomic E-state index is 12.4. The van der Waals surface area contributed by atoms with Crippen LogP contribution in [0.15, 0.2) is 5.03 Å². The zero-order valence-electron chi connectivity index (χ0n) is 10.2. The Morgan fingerprint density at radius 2 is 2.17 bits per heavy atom. The highest BCUT2D eigenvalue weighted by Gasteiger charge is 2.40. The number of aromatic amines is 1. The van der Waals surface area contributed by atoms with Gasteiger partial charge in [-0.3, -0.25) is 5.10 Å². The normalized spacial score (nSPS) is 16.2. The number of aromatic carboxylic acids is 1. The first-order valence-electron chi connectivity index (χ1n) is 5.69. The van der Waals surface area contributed by atoms with Gasteiger partial charge in [0.05, 0.1) is 0 Å². The van der Waals surface area contributed by atoms with Crippen LogP contribution in [-0.4, -0.2) is 46.6 Å². The Morgan fingerprint density at radius 1 is 1.56 bits per heavy atom. The van der Waals surface area contributed by atoms with Gasteiger partial charge in [0.15, 0.2) is 0 Å². The number of nitrogens with one attached hydrogen (secondary N) is 1. The average Bonchev–Trinajstić information content (AvgIpc) is 3.00. The van der Waals surface area contributed by atoms with Crippen molar-refractivity contribution in [3.8, 4) is 0 Å². The monoisotopic (exact) mass is 273 g/mol. The number of rotatable bonds is 5. The Bertz CT molecular complexity index is 574. The van der Waals surface area contributed by atoms with Gasteiger partial charge in [0.2, 0.25) is 5.03 Å². The van der Waals surface area contributed by atoms with Crippen LogP contribution in [0.5, 0.6) is 0 Å². The molecule has 1 aromatic rings. The molecule has 100 valence electrons. The second-order valence-corrected chi connectivity index (χ2v) is 6.08. The maximum atomic E-state index is 12.4. The standard InChI is InChI=1S/C10H15N3O4S/c1-3-13(7-4-5-7)18(16,17)9-8(10(14)15)6(2)11-12-9/h7H,3-5H2,1-2H3,(H,11,12)(H,14,15). The lowest BCUT2D eigenvalue weighted by molar-refractivity contribution is 0.0691. The Hall–Kier alpha value is -1.41. The predicted octanol–water partition coefficient (Wildman–Crippen LogP) is 0.589. The molecule has 0 saturated heterocycles. The topological polar surface area (TPSA) is 103 Å². The van der Waals surface area contributed by atoms with E-state index >= 15 is 0 Å². The molecule has 1 aliphatic rings. The van der Waals surface area contributed by atoms with Crippen molar-refractivity contribution in [3.05, 3.63) is 11.3 Å². The molecule has 0 spiro atoms. The SMILES string of the molecule is CCN(C1CC1)S(=O)(=O)c1n[nH]c(C)c1C(=O)O. The lowest BCUT2D eigenvalue weighted by Gasteiger charge is -2.18. The van der Waals surface area contributed by atoms with Crippen LogP contribution in [0.1, 0.15) is 35.8 Å². The second kappa shape index (κ2) is 4.36. The summed E-state index contributed by atoms with van der Waals surface area (Å²) in [6.45, 7) is 3.54. The number of hydrogen-bond donors (Lipinski definition) is 2. The predicted molar refractivity (Wildman–Crippen MR) is 62.9 cm³/mol. The second-order valence-electron chi connectivity index (χ2n) is 4.27. The summed E-state index contributed by atoms with van der Waals surface area (Å²) in [5.41, 5.74) is -0.0259. The average molecular weight is 273 g/mol. The van der Waals surface area contributed by atoms with Crippen LogP contribution >= 0.6 is 0 Å². The molecule has 0 bridgehead atoms. The van der Waals surface area contributed by atoms with Crippen molar-refractivity contribution in [2.75, 3.05) is 6.54 Å². The summed E-state index contributed by atoms with van der Waals surface area (Å²) in [5, 5.41) is 14.8. The van der Waals surface area contributed by atoms with E-state index in [2.05, 4.69) is 10.2 Å². The summed E-state index contributed by atoms with van der Waals surface area (Å²) in [7, 11) is -3.83. The molecule has 1 aromatic heterocycles. The number of carboxylic acids is 1. The van der Waals surface area contributed by atoms with E-state index in [1.165, 1.54) is 11.2 Å². The molecule has 1 aliphatic carbocycles. The maximum Gasteiger partial charge on any atom is 0.340 e. The summed E-state index contributed by atoms with van der Waals surface area (Å²) in [4.78, 5) is 11.1. The van der Waals surface area contributed by atoms with E-state index in [4.69, 9.17) is 5.11 Å². The Morgan fingerprint density at radius 3 is 2.61 bits per heavy atom. The fourth-order valence-corrected chi connectivity index (χ4v) is 3.77. The number of hydrogen-bond acceptors (Lipinski definition) is 4. The van der Waals surface area contributed by atoms with Crippen LogP contribution in [0.4, 0.5) is 0 Å². The molecule has 8 heteroatoms. The first-order valence-corrected chi connectivity index (χ1v) is 7.13. The van der Waals surface area contributed by atoms with Gasteiger partial charge < -0.3 is 5.11 Å². The molecule has 1 saturated carbocycles. The molecule has 0 unspecified atom stereocenters. The van der Waals surface area contributed by atoms with Crippen molar-refractivity contribution in [2.45, 2.75) is 37.8 Å². The van der Waals surface area contributed by atoms with Crippen LogP contribution in [0.2, 0.25) is 0 Å². The molecule has 1 heterocycles. The lowest BCUT2D eigenvalue weighted by atomic mass is 10.3. The zero-order valence-corrected chi connectivity index (χ0v) is 11.0. The number of aromatic nitrogens is 2. The molecule has 18 heavy (non-hydrogen) atoms. The number of carbonyl (C=O) groups is 1.